The Balaban J connectivity index is 0.00000225. The van der Waals surface area contributed by atoms with E-state index in [0.717, 1.165) is 5.75 Å². The van der Waals surface area contributed by atoms with Gasteiger partial charge in [-0.05, 0) is 60.7 Å². The Morgan fingerprint density at radius 2 is 0.786 bits per heavy atom. The van der Waals surface area contributed by atoms with E-state index in [0.29, 0.717) is 0 Å². The first-order chi connectivity index (χ1) is 13.4. The van der Waals surface area contributed by atoms with Crippen LogP contribution in [0.3, 0.4) is 0 Å². The lowest BCUT2D eigenvalue weighted by Gasteiger charge is -2.27. The van der Waals surface area contributed by atoms with Gasteiger partial charge in [0.05, 0.1) is 7.11 Å². The Kier molecular flexibility index (Phi) is 6.67. The molecule has 0 aliphatic carbocycles. The zero-order valence-corrected chi connectivity index (χ0v) is 18.2. The van der Waals surface area contributed by atoms with E-state index in [4.69, 9.17) is 4.74 Å². The van der Waals surface area contributed by atoms with Crippen molar-refractivity contribution in [2.75, 3.05) is 7.11 Å². The number of rotatable bonds is 5. The van der Waals surface area contributed by atoms with Crippen LogP contribution in [0.4, 0.5) is 0 Å². The lowest BCUT2D eigenvalue weighted by molar-refractivity contribution is -0.00000547. The van der Waals surface area contributed by atoms with Crippen molar-refractivity contribution in [3.63, 3.8) is 0 Å². The minimum absolute atomic E-state index is 0. The molecule has 4 rings (SSSR count). The lowest BCUT2D eigenvalue weighted by Crippen LogP contribution is -3.00. The van der Waals surface area contributed by atoms with Gasteiger partial charge in [0.1, 0.15) is 34.2 Å². The highest BCUT2D eigenvalue weighted by Gasteiger charge is 2.47. The maximum atomic E-state index is 5.41. The minimum atomic E-state index is -1.99. The highest BCUT2D eigenvalue weighted by molar-refractivity contribution is 8.01. The summed E-state index contributed by atoms with van der Waals surface area (Å²) >= 11 is 0. The third-order valence-corrected chi connectivity index (χ3v) is 9.18. The van der Waals surface area contributed by atoms with Gasteiger partial charge in [-0.25, -0.2) is 0 Å². The molecule has 4 aromatic rings. The van der Waals surface area contributed by atoms with E-state index in [1.807, 2.05) is 0 Å². The van der Waals surface area contributed by atoms with E-state index in [-0.39, 0.29) is 17.0 Å². The molecular formula is C25H22BrOP. The van der Waals surface area contributed by atoms with Crippen molar-refractivity contribution < 1.29 is 21.7 Å². The number of benzene rings is 4. The van der Waals surface area contributed by atoms with Gasteiger partial charge in [0.15, 0.2) is 0 Å². The summed E-state index contributed by atoms with van der Waals surface area (Å²) in [5.74, 6) is 0.881. The van der Waals surface area contributed by atoms with Crippen LogP contribution in [-0.2, 0) is 0 Å². The van der Waals surface area contributed by atoms with Gasteiger partial charge >= 0.3 is 0 Å². The summed E-state index contributed by atoms with van der Waals surface area (Å²) in [5, 5.41) is 5.39. The van der Waals surface area contributed by atoms with Crippen molar-refractivity contribution >= 4 is 28.5 Å². The molecule has 28 heavy (non-hydrogen) atoms. The molecule has 0 aliphatic rings. The Bertz CT molecular complexity index is 890. The van der Waals surface area contributed by atoms with Crippen molar-refractivity contribution in [1.29, 1.82) is 0 Å². The predicted octanol–water partition coefficient (Wildman–Crippen LogP) is 1.32. The molecule has 0 heterocycles. The monoisotopic (exact) mass is 448 g/mol. The fraction of sp³-hybridized carbons (Fsp3) is 0.0400. The van der Waals surface area contributed by atoms with Crippen LogP contribution in [0.5, 0.6) is 5.75 Å². The molecule has 4 aromatic carbocycles. The van der Waals surface area contributed by atoms with Gasteiger partial charge in [-0.15, -0.1) is 0 Å². The number of ether oxygens (including phenoxy) is 1. The standard InChI is InChI=1S/C25H22OP.BrH/c1-26-21-17-19-25(20-18-21)27(22-11-5-2-6-12-22,23-13-7-3-8-14-23)24-15-9-4-10-16-24;/h2-20H,1H3;1H/q+1;/p-1. The molecule has 0 atom stereocenters. The number of hydrogen-bond donors (Lipinski definition) is 0. The van der Waals surface area contributed by atoms with Crippen molar-refractivity contribution in [2.24, 2.45) is 0 Å². The molecule has 0 saturated heterocycles. The summed E-state index contributed by atoms with van der Waals surface area (Å²) in [7, 11) is -0.280. The molecule has 140 valence electrons. The number of methoxy groups -OCH3 is 1. The number of halogens is 1. The molecule has 3 heteroatoms. The smallest absolute Gasteiger partial charge is 0.144 e. The van der Waals surface area contributed by atoms with E-state index in [1.165, 1.54) is 21.2 Å². The second-order valence-corrected chi connectivity index (χ2v) is 9.78. The molecule has 0 radical (unpaired) electrons. The molecule has 0 spiro atoms. The molecule has 0 amide bonds. The Morgan fingerprint density at radius 1 is 0.464 bits per heavy atom. The van der Waals surface area contributed by atoms with Gasteiger partial charge in [-0.2, -0.15) is 0 Å². The lowest BCUT2D eigenvalue weighted by atomic mass is 10.3. The Morgan fingerprint density at radius 3 is 1.11 bits per heavy atom. The highest BCUT2D eigenvalue weighted by Crippen LogP contribution is 2.54. The fourth-order valence-electron chi connectivity index (χ4n) is 3.66. The van der Waals surface area contributed by atoms with Crippen LogP contribution in [0.15, 0.2) is 115 Å². The van der Waals surface area contributed by atoms with Crippen LogP contribution in [-0.4, -0.2) is 7.11 Å². The van der Waals surface area contributed by atoms with Crippen LogP contribution in [0, 0.1) is 0 Å². The zero-order chi connectivity index (χ0) is 18.5. The third kappa shape index (κ3) is 3.63. The largest absolute Gasteiger partial charge is 1.00 e. The zero-order valence-electron chi connectivity index (χ0n) is 15.7. The van der Waals surface area contributed by atoms with Crippen LogP contribution in [0.25, 0.3) is 0 Å². The first-order valence-electron chi connectivity index (χ1n) is 9.06. The molecule has 0 aliphatic heterocycles. The average Bonchev–Trinajstić information content (AvgIpc) is 2.77. The second kappa shape index (κ2) is 9.19. The average molecular weight is 449 g/mol. The first kappa shape index (κ1) is 20.3. The summed E-state index contributed by atoms with van der Waals surface area (Å²) in [6.45, 7) is 0. The van der Waals surface area contributed by atoms with E-state index in [1.54, 1.807) is 7.11 Å². The molecule has 1 nitrogen and oxygen atoms in total. The Labute approximate surface area is 178 Å². The van der Waals surface area contributed by atoms with E-state index >= 15 is 0 Å². The summed E-state index contributed by atoms with van der Waals surface area (Å²) < 4.78 is 5.41. The van der Waals surface area contributed by atoms with Crippen LogP contribution < -0.4 is 42.9 Å². The summed E-state index contributed by atoms with van der Waals surface area (Å²) in [6, 6.07) is 41.2. The van der Waals surface area contributed by atoms with Crippen LogP contribution in [0.1, 0.15) is 0 Å². The molecule has 0 saturated carbocycles. The van der Waals surface area contributed by atoms with Gasteiger partial charge in [-0.1, -0.05) is 54.6 Å². The summed E-state index contributed by atoms with van der Waals surface area (Å²) in [5.41, 5.74) is 0. The highest BCUT2D eigenvalue weighted by atomic mass is 79.9. The van der Waals surface area contributed by atoms with Gasteiger partial charge < -0.3 is 21.7 Å². The predicted molar refractivity (Wildman–Crippen MR) is 118 cm³/mol. The molecule has 0 fully saturated rings. The quantitative estimate of drug-likeness (QED) is 0.418. The van der Waals surface area contributed by atoms with Gasteiger partial charge in [0.25, 0.3) is 0 Å². The van der Waals surface area contributed by atoms with Crippen molar-refractivity contribution in [2.45, 2.75) is 0 Å². The third-order valence-electron chi connectivity index (χ3n) is 4.89. The van der Waals surface area contributed by atoms with Gasteiger partial charge in [-0.3, -0.25) is 0 Å². The minimum Gasteiger partial charge on any atom is -1.00 e. The maximum Gasteiger partial charge on any atom is 0.144 e. The van der Waals surface area contributed by atoms with Crippen LogP contribution in [0.2, 0.25) is 0 Å². The summed E-state index contributed by atoms with van der Waals surface area (Å²) in [6.07, 6.45) is 0. The SMILES string of the molecule is COc1ccc([P+](c2ccccc2)(c2ccccc2)c2ccccc2)cc1.[Br-]. The first-order valence-corrected chi connectivity index (χ1v) is 10.8. The van der Waals surface area contributed by atoms with Crippen LogP contribution >= 0.6 is 7.26 Å². The number of hydrogen-bond acceptors (Lipinski definition) is 1. The van der Waals surface area contributed by atoms with E-state index in [2.05, 4.69) is 115 Å². The maximum absolute atomic E-state index is 5.41. The normalized spacial score (nSPS) is 10.8. The molecule has 0 bridgehead atoms. The topological polar surface area (TPSA) is 9.23 Å². The van der Waals surface area contributed by atoms with Crippen molar-refractivity contribution in [3.05, 3.63) is 115 Å². The van der Waals surface area contributed by atoms with Crippen molar-refractivity contribution in [1.82, 2.24) is 0 Å². The van der Waals surface area contributed by atoms with E-state index < -0.39 is 7.26 Å². The van der Waals surface area contributed by atoms with E-state index in [9.17, 15) is 0 Å². The molecule has 0 aromatic heterocycles. The Hall–Kier alpha value is -2.41. The van der Waals surface area contributed by atoms with Crippen molar-refractivity contribution in [3.8, 4) is 5.75 Å². The second-order valence-electron chi connectivity index (χ2n) is 6.38. The molecule has 0 N–H and O–H groups in total. The van der Waals surface area contributed by atoms with Gasteiger partial charge in [0, 0.05) is 0 Å². The molecular weight excluding hydrogens is 427 g/mol. The summed E-state index contributed by atoms with van der Waals surface area (Å²) in [4.78, 5) is 0. The van der Waals surface area contributed by atoms with Gasteiger partial charge in [0.2, 0.25) is 0 Å². The fourth-order valence-corrected chi connectivity index (χ4v) is 7.90. The molecule has 0 unspecified atom stereocenters.